The smallest absolute Gasteiger partial charge is 0.253 e. The molecule has 2 aliphatic heterocycles. The number of H-pyrrole nitrogens is 1. The zero-order chi connectivity index (χ0) is 21.4. The first-order valence-corrected chi connectivity index (χ1v) is 10.7. The quantitative estimate of drug-likeness (QED) is 0.685. The van der Waals surface area contributed by atoms with Crippen LogP contribution in [-0.4, -0.2) is 42.6 Å². The maximum Gasteiger partial charge on any atom is 0.253 e. The Bertz CT molecular complexity index is 1240. The number of nitrogens with zero attached hydrogens (tertiary/aromatic N) is 3. The Morgan fingerprint density at radius 2 is 1.94 bits per heavy atom. The van der Waals surface area contributed by atoms with Crippen molar-refractivity contribution in [3.63, 3.8) is 0 Å². The number of fused-ring (bicyclic) bond motifs is 3. The van der Waals surface area contributed by atoms with E-state index >= 15 is 0 Å². The molecule has 3 aromatic rings. The number of hydrogen-bond donors (Lipinski definition) is 2. The molecule has 1 aromatic heterocycles. The van der Waals surface area contributed by atoms with E-state index in [0.717, 1.165) is 85.5 Å². The molecule has 0 bridgehead atoms. The molecule has 0 unspecified atom stereocenters. The number of halogens is 1. The molecule has 1 saturated heterocycles. The van der Waals surface area contributed by atoms with Gasteiger partial charge in [0.25, 0.3) is 5.56 Å². The highest BCUT2D eigenvalue weighted by molar-refractivity contribution is 5.93. The molecule has 5 rings (SSSR count). The van der Waals surface area contributed by atoms with Gasteiger partial charge in [0.1, 0.15) is 11.9 Å². The van der Waals surface area contributed by atoms with Crippen LogP contribution in [0.2, 0.25) is 0 Å². The van der Waals surface area contributed by atoms with Crippen LogP contribution >= 0.6 is 0 Å². The predicted molar refractivity (Wildman–Crippen MR) is 120 cm³/mol. The maximum atomic E-state index is 13.9. The molecule has 31 heavy (non-hydrogen) atoms. The highest BCUT2D eigenvalue weighted by Gasteiger charge is 2.20. The zero-order valence-corrected chi connectivity index (χ0v) is 17.2. The third-order valence-electron chi connectivity index (χ3n) is 6.30. The number of nitrogens with one attached hydrogen (secondary N) is 2. The van der Waals surface area contributed by atoms with Crippen LogP contribution in [0.3, 0.4) is 0 Å². The monoisotopic (exact) mass is 417 g/mol. The van der Waals surface area contributed by atoms with Crippen LogP contribution in [0.5, 0.6) is 0 Å². The van der Waals surface area contributed by atoms with Crippen LogP contribution in [0, 0.1) is 17.1 Å². The molecule has 2 aromatic carbocycles. The molecule has 2 aliphatic rings. The minimum Gasteiger partial charge on any atom is -0.384 e. The van der Waals surface area contributed by atoms with Gasteiger partial charge in [-0.2, -0.15) is 5.26 Å². The first-order chi connectivity index (χ1) is 15.1. The fraction of sp³-hybridized carbons (Fsp3) is 0.333. The molecule has 0 atom stereocenters. The van der Waals surface area contributed by atoms with Gasteiger partial charge in [0.05, 0.1) is 16.8 Å². The Balaban J connectivity index is 1.28. The second kappa shape index (κ2) is 8.05. The van der Waals surface area contributed by atoms with Gasteiger partial charge in [-0.25, -0.2) is 4.39 Å². The van der Waals surface area contributed by atoms with Crippen molar-refractivity contribution in [1.82, 2.24) is 9.88 Å². The summed E-state index contributed by atoms with van der Waals surface area (Å²) in [6, 6.07) is 13.0. The van der Waals surface area contributed by atoms with Gasteiger partial charge in [0.15, 0.2) is 0 Å². The Morgan fingerprint density at radius 3 is 2.71 bits per heavy atom. The van der Waals surface area contributed by atoms with E-state index in [2.05, 4.69) is 38.3 Å². The number of nitriles is 1. The van der Waals surface area contributed by atoms with Crippen molar-refractivity contribution in [1.29, 1.82) is 5.26 Å². The molecule has 6 nitrogen and oxygen atoms in total. The summed E-state index contributed by atoms with van der Waals surface area (Å²) in [5.41, 5.74) is 4.79. The summed E-state index contributed by atoms with van der Waals surface area (Å²) >= 11 is 0. The van der Waals surface area contributed by atoms with Crippen LogP contribution in [0.4, 0.5) is 15.8 Å². The SMILES string of the molecule is N#Cc1ccc(N2CCN(Cc3ccc4c5c(c(=O)[nH]c4c3)CCCN5)CC2)cc1F. The van der Waals surface area contributed by atoms with E-state index in [1.54, 1.807) is 6.07 Å². The number of anilines is 2. The van der Waals surface area contributed by atoms with Crippen molar-refractivity contribution in [2.24, 2.45) is 0 Å². The van der Waals surface area contributed by atoms with Gasteiger partial charge in [-0.15, -0.1) is 0 Å². The number of benzene rings is 2. The van der Waals surface area contributed by atoms with Crippen molar-refractivity contribution in [3.05, 3.63) is 69.3 Å². The third-order valence-corrected chi connectivity index (χ3v) is 6.30. The van der Waals surface area contributed by atoms with E-state index < -0.39 is 5.82 Å². The lowest BCUT2D eigenvalue weighted by molar-refractivity contribution is 0.250. The van der Waals surface area contributed by atoms with Crippen molar-refractivity contribution < 1.29 is 4.39 Å². The summed E-state index contributed by atoms with van der Waals surface area (Å²) in [6.07, 6.45) is 1.81. The summed E-state index contributed by atoms with van der Waals surface area (Å²) in [6.45, 7) is 5.03. The first kappa shape index (κ1) is 19.6. The van der Waals surface area contributed by atoms with E-state index in [0.29, 0.717) is 0 Å². The lowest BCUT2D eigenvalue weighted by Crippen LogP contribution is -2.46. The third kappa shape index (κ3) is 3.75. The number of rotatable bonds is 3. The second-order valence-corrected chi connectivity index (χ2v) is 8.26. The highest BCUT2D eigenvalue weighted by Crippen LogP contribution is 2.28. The molecule has 2 N–H and O–H groups in total. The van der Waals surface area contributed by atoms with Crippen molar-refractivity contribution in [2.45, 2.75) is 19.4 Å². The second-order valence-electron chi connectivity index (χ2n) is 8.26. The Morgan fingerprint density at radius 1 is 1.10 bits per heavy atom. The largest absolute Gasteiger partial charge is 0.384 e. The molecule has 158 valence electrons. The average Bonchev–Trinajstić information content (AvgIpc) is 2.79. The van der Waals surface area contributed by atoms with Gasteiger partial charge in [-0.3, -0.25) is 9.69 Å². The Kier molecular flexibility index (Phi) is 5.08. The van der Waals surface area contributed by atoms with E-state index in [1.165, 1.54) is 6.07 Å². The van der Waals surface area contributed by atoms with Crippen LogP contribution in [0.1, 0.15) is 23.1 Å². The summed E-state index contributed by atoms with van der Waals surface area (Å²) in [4.78, 5) is 20.0. The van der Waals surface area contributed by atoms with E-state index in [4.69, 9.17) is 5.26 Å². The number of hydrogen-bond acceptors (Lipinski definition) is 5. The first-order valence-electron chi connectivity index (χ1n) is 10.7. The Labute approximate surface area is 179 Å². The topological polar surface area (TPSA) is 75.2 Å². The maximum absolute atomic E-state index is 13.9. The van der Waals surface area contributed by atoms with Crippen molar-refractivity contribution >= 4 is 22.3 Å². The number of aromatic nitrogens is 1. The fourth-order valence-corrected chi connectivity index (χ4v) is 4.62. The van der Waals surface area contributed by atoms with Crippen LogP contribution in [0.15, 0.2) is 41.2 Å². The van der Waals surface area contributed by atoms with Crippen LogP contribution < -0.4 is 15.8 Å². The molecule has 0 spiro atoms. The minimum atomic E-state index is -0.468. The molecule has 0 aliphatic carbocycles. The highest BCUT2D eigenvalue weighted by atomic mass is 19.1. The van der Waals surface area contributed by atoms with Crippen LogP contribution in [0.25, 0.3) is 10.9 Å². The van der Waals surface area contributed by atoms with E-state index in [1.807, 2.05) is 12.1 Å². The number of aromatic amines is 1. The van der Waals surface area contributed by atoms with Gasteiger partial charge in [0, 0.05) is 55.9 Å². The minimum absolute atomic E-state index is 0.00936. The molecule has 0 saturated carbocycles. The molecule has 0 radical (unpaired) electrons. The molecule has 0 amide bonds. The number of piperazine rings is 1. The summed E-state index contributed by atoms with van der Waals surface area (Å²) in [5, 5.41) is 13.4. The van der Waals surface area contributed by atoms with Gasteiger partial charge in [-0.1, -0.05) is 12.1 Å². The lowest BCUT2D eigenvalue weighted by atomic mass is 10.0. The normalized spacial score (nSPS) is 16.6. The fourth-order valence-electron chi connectivity index (χ4n) is 4.62. The number of pyridine rings is 1. The van der Waals surface area contributed by atoms with E-state index in [-0.39, 0.29) is 11.1 Å². The van der Waals surface area contributed by atoms with Crippen molar-refractivity contribution in [2.75, 3.05) is 42.9 Å². The average molecular weight is 417 g/mol. The molecule has 1 fully saturated rings. The zero-order valence-electron chi connectivity index (χ0n) is 17.2. The Hall–Kier alpha value is -3.37. The molecule has 7 heteroatoms. The predicted octanol–water partition coefficient (Wildman–Crippen LogP) is 3.22. The van der Waals surface area contributed by atoms with Gasteiger partial charge >= 0.3 is 0 Å². The molecular weight excluding hydrogens is 393 g/mol. The van der Waals surface area contributed by atoms with Gasteiger partial charge in [0.2, 0.25) is 0 Å². The molecular formula is C24H24FN5O. The van der Waals surface area contributed by atoms with Gasteiger partial charge in [-0.05, 0) is 42.7 Å². The summed E-state index contributed by atoms with van der Waals surface area (Å²) in [7, 11) is 0. The van der Waals surface area contributed by atoms with Gasteiger partial charge < -0.3 is 15.2 Å². The van der Waals surface area contributed by atoms with Crippen molar-refractivity contribution in [3.8, 4) is 6.07 Å². The summed E-state index contributed by atoms with van der Waals surface area (Å²) < 4.78 is 13.9. The standard InChI is InChI=1S/C24H24FN5O/c25-21-13-18(5-4-17(21)14-26)30-10-8-29(9-11-30)15-16-3-6-19-22(12-16)28-24(31)20-2-1-7-27-23(19)20/h3-6,12-13,27H,1-2,7-11,15H2,(H,28,31). The van der Waals surface area contributed by atoms with Crippen LogP contribution in [-0.2, 0) is 13.0 Å². The molecule has 3 heterocycles. The van der Waals surface area contributed by atoms with E-state index in [9.17, 15) is 9.18 Å². The lowest BCUT2D eigenvalue weighted by Gasteiger charge is -2.36. The summed E-state index contributed by atoms with van der Waals surface area (Å²) in [5.74, 6) is -0.468.